The SMILES string of the molecule is NCOC(=O)[CH2][InH2]. The third kappa shape index (κ3) is 4.15. The summed E-state index contributed by atoms with van der Waals surface area (Å²) in [4.78, 5) is 10.2. The molecule has 0 heterocycles. The summed E-state index contributed by atoms with van der Waals surface area (Å²) in [5.41, 5.74) is 4.89. The van der Waals surface area contributed by atoms with E-state index in [1.54, 1.807) is 0 Å². The number of carbonyl (C=O) groups excluding carboxylic acids is 1. The Hall–Kier alpha value is 0.300. The van der Waals surface area contributed by atoms with Gasteiger partial charge in [0, 0.05) is 0 Å². The predicted octanol–water partition coefficient (Wildman–Crippen LogP) is -1.50. The summed E-state index contributed by atoms with van der Waals surface area (Å²) in [6.45, 7) is 0.0263. The first kappa shape index (κ1) is 7.30. The standard InChI is InChI=1S/C3H6NO2.In.2H/c1-3(5)6-2-4;;;/h1-2,4H2;;;. The Bertz CT molecular complexity index is 66.0. The Morgan fingerprint density at radius 3 is 2.57 bits per heavy atom. The molecule has 3 nitrogen and oxygen atoms in total. The van der Waals surface area contributed by atoms with Crippen molar-refractivity contribution < 1.29 is 9.53 Å². The minimum absolute atomic E-state index is 0.0263. The molecule has 0 aromatic rings. The van der Waals surface area contributed by atoms with Crippen molar-refractivity contribution >= 4 is 30.3 Å². The second-order valence-corrected chi connectivity index (χ2v) is 3.05. The average molecular weight is 205 g/mol. The average Bonchev–Trinajstić information content (AvgIpc) is 1.68. The molecule has 2 N–H and O–H groups in total. The van der Waals surface area contributed by atoms with E-state index in [-0.39, 0.29) is 12.7 Å². The van der Waals surface area contributed by atoms with Crippen molar-refractivity contribution in [3.8, 4) is 0 Å². The molecule has 0 aliphatic rings. The molecule has 0 atom stereocenters. The second-order valence-electron chi connectivity index (χ2n) is 1.04. The summed E-state index contributed by atoms with van der Waals surface area (Å²) < 4.78 is 4.99. The van der Waals surface area contributed by atoms with E-state index in [9.17, 15) is 4.79 Å². The Balaban J connectivity index is 3.00. The van der Waals surface area contributed by atoms with Gasteiger partial charge < -0.3 is 0 Å². The summed E-state index contributed by atoms with van der Waals surface area (Å²) in [5.74, 6) is -0.154. The zero-order valence-corrected chi connectivity index (χ0v) is 10.0. The third-order valence-electron chi connectivity index (χ3n) is 0.533. The molecule has 0 saturated carbocycles. The summed E-state index contributed by atoms with van der Waals surface area (Å²) in [5, 5.41) is 0. The summed E-state index contributed by atoms with van der Waals surface area (Å²) in [7, 11) is 0. The fourth-order valence-electron chi connectivity index (χ4n) is 0.195. The quantitative estimate of drug-likeness (QED) is 0.440. The van der Waals surface area contributed by atoms with Crippen molar-refractivity contribution in [2.45, 2.75) is 4.18 Å². The van der Waals surface area contributed by atoms with Crippen LogP contribution in [0.5, 0.6) is 0 Å². The number of carbonyl (C=O) groups is 1. The normalized spacial score (nSPS) is 8.14. The Labute approximate surface area is 56.8 Å². The number of rotatable bonds is 2. The van der Waals surface area contributed by atoms with Crippen molar-refractivity contribution in [3.05, 3.63) is 0 Å². The van der Waals surface area contributed by atoms with Gasteiger partial charge in [-0.3, -0.25) is 0 Å². The molecule has 0 rings (SSSR count). The topological polar surface area (TPSA) is 52.3 Å². The van der Waals surface area contributed by atoms with Crippen molar-refractivity contribution in [1.29, 1.82) is 0 Å². The van der Waals surface area contributed by atoms with E-state index in [1.165, 1.54) is 0 Å². The molecule has 4 heteroatoms. The summed E-state index contributed by atoms with van der Waals surface area (Å²) >= 11 is 0.415. The molecular formula is C3H8InNO2. The molecule has 0 aromatic heterocycles. The molecule has 0 spiro atoms. The van der Waals surface area contributed by atoms with Crippen molar-refractivity contribution in [3.63, 3.8) is 0 Å². The van der Waals surface area contributed by atoms with E-state index < -0.39 is 0 Å². The van der Waals surface area contributed by atoms with Gasteiger partial charge >= 0.3 is 56.5 Å². The van der Waals surface area contributed by atoms with Crippen LogP contribution in [-0.2, 0) is 9.53 Å². The predicted molar refractivity (Wildman–Crippen MR) is 28.5 cm³/mol. The molecule has 0 unspecified atom stereocenters. The third-order valence-corrected chi connectivity index (χ3v) is 2.18. The monoisotopic (exact) mass is 205 g/mol. The number of hydrogen-bond acceptors (Lipinski definition) is 3. The van der Waals surface area contributed by atoms with E-state index in [4.69, 9.17) is 5.73 Å². The van der Waals surface area contributed by atoms with Crippen LogP contribution in [0.1, 0.15) is 0 Å². The molecule has 0 amide bonds. The van der Waals surface area contributed by atoms with Gasteiger partial charge in [0.15, 0.2) is 0 Å². The van der Waals surface area contributed by atoms with Crippen LogP contribution in [0.4, 0.5) is 0 Å². The Morgan fingerprint density at radius 2 is 2.43 bits per heavy atom. The molecule has 7 heavy (non-hydrogen) atoms. The van der Waals surface area contributed by atoms with Crippen LogP contribution in [0, 0.1) is 0 Å². The molecule has 40 valence electrons. The van der Waals surface area contributed by atoms with E-state index in [1.807, 2.05) is 0 Å². The van der Waals surface area contributed by atoms with Crippen LogP contribution >= 0.6 is 0 Å². The van der Waals surface area contributed by atoms with Crippen LogP contribution in [0.25, 0.3) is 0 Å². The number of hydrogen-bond donors (Lipinski definition) is 1. The van der Waals surface area contributed by atoms with Crippen LogP contribution in [-0.4, -0.2) is 37.1 Å². The summed E-state index contributed by atoms with van der Waals surface area (Å²) in [6, 6.07) is 0. The van der Waals surface area contributed by atoms with Gasteiger partial charge in [0.05, 0.1) is 0 Å². The van der Waals surface area contributed by atoms with Gasteiger partial charge in [-0.2, -0.15) is 0 Å². The fourth-order valence-corrected chi connectivity index (χ4v) is 0.778. The van der Waals surface area contributed by atoms with E-state index >= 15 is 0 Å². The number of nitrogens with two attached hydrogens (primary N) is 1. The van der Waals surface area contributed by atoms with Gasteiger partial charge in [-0.05, 0) is 0 Å². The van der Waals surface area contributed by atoms with E-state index in [2.05, 4.69) is 4.74 Å². The first-order valence-corrected chi connectivity index (χ1v) is 6.20. The van der Waals surface area contributed by atoms with Crippen LogP contribution in [0.15, 0.2) is 0 Å². The van der Waals surface area contributed by atoms with Crippen LogP contribution < -0.4 is 5.73 Å². The maximum absolute atomic E-state index is 10.2. The molecular weight excluding hydrogens is 197 g/mol. The zero-order chi connectivity index (χ0) is 5.70. The number of esters is 1. The Kier molecular flexibility index (Phi) is 4.65. The van der Waals surface area contributed by atoms with Crippen LogP contribution in [0.2, 0.25) is 4.18 Å². The van der Waals surface area contributed by atoms with Crippen molar-refractivity contribution in [1.82, 2.24) is 0 Å². The van der Waals surface area contributed by atoms with E-state index in [0.717, 1.165) is 0 Å². The summed E-state index contributed by atoms with van der Waals surface area (Å²) in [6.07, 6.45) is 0. The first-order valence-electron chi connectivity index (χ1n) is 2.17. The second kappa shape index (κ2) is 4.46. The van der Waals surface area contributed by atoms with Gasteiger partial charge in [0.1, 0.15) is 0 Å². The van der Waals surface area contributed by atoms with E-state index in [0.29, 0.717) is 28.6 Å². The van der Waals surface area contributed by atoms with Gasteiger partial charge in [0.2, 0.25) is 0 Å². The van der Waals surface area contributed by atoms with Crippen molar-refractivity contribution in [2.75, 3.05) is 6.73 Å². The van der Waals surface area contributed by atoms with Gasteiger partial charge in [-0.15, -0.1) is 0 Å². The van der Waals surface area contributed by atoms with Gasteiger partial charge in [-0.1, -0.05) is 0 Å². The van der Waals surface area contributed by atoms with Gasteiger partial charge in [0.25, 0.3) is 0 Å². The molecule has 0 fully saturated rings. The Morgan fingerprint density at radius 1 is 1.86 bits per heavy atom. The molecule has 0 aliphatic heterocycles. The number of ether oxygens (including phenoxy) is 1. The molecule has 0 bridgehead atoms. The molecule has 0 aromatic carbocycles. The minimum atomic E-state index is -0.154. The molecule has 0 saturated heterocycles. The maximum atomic E-state index is 10.2. The fraction of sp³-hybridized carbons (Fsp3) is 0.667. The van der Waals surface area contributed by atoms with Crippen LogP contribution in [0.3, 0.4) is 0 Å². The van der Waals surface area contributed by atoms with Crippen molar-refractivity contribution in [2.24, 2.45) is 5.73 Å². The molecule has 0 aliphatic carbocycles. The molecule has 0 radical (unpaired) electrons. The zero-order valence-electron chi connectivity index (χ0n) is 4.31. The first-order chi connectivity index (χ1) is 3.31. The van der Waals surface area contributed by atoms with Gasteiger partial charge in [-0.25, -0.2) is 0 Å².